The topological polar surface area (TPSA) is 45.6 Å². The largest absolute Gasteiger partial charge is 0.476 e. The standard InChI is InChI=1S/C16H24N2O2/c1-5-6-9-18(4)13-20-15-10-14(11-17-12-15)7-8-16(2,3)19/h10-12,19H,5-6,9,13H2,1-4H3. The van der Waals surface area contributed by atoms with Crippen LogP contribution in [0.5, 0.6) is 5.75 Å². The van der Waals surface area contributed by atoms with Crippen molar-refractivity contribution in [3.05, 3.63) is 24.0 Å². The highest BCUT2D eigenvalue weighted by Crippen LogP contribution is 2.11. The van der Waals surface area contributed by atoms with E-state index in [0.29, 0.717) is 12.5 Å². The average molecular weight is 276 g/mol. The number of ether oxygens (including phenoxy) is 1. The van der Waals surface area contributed by atoms with Gasteiger partial charge < -0.3 is 9.84 Å². The number of aliphatic hydroxyl groups is 1. The number of pyridine rings is 1. The van der Waals surface area contributed by atoms with Crippen molar-refractivity contribution in [1.29, 1.82) is 0 Å². The molecule has 1 aromatic rings. The lowest BCUT2D eigenvalue weighted by Gasteiger charge is -2.16. The SMILES string of the molecule is CCCCN(C)COc1cncc(C#CC(C)(C)O)c1. The molecule has 1 rings (SSSR count). The molecule has 0 fully saturated rings. The van der Waals surface area contributed by atoms with E-state index in [1.165, 1.54) is 6.42 Å². The Balaban J connectivity index is 2.57. The fourth-order valence-corrected chi connectivity index (χ4v) is 1.47. The zero-order valence-corrected chi connectivity index (χ0v) is 12.8. The molecule has 20 heavy (non-hydrogen) atoms. The molecular weight excluding hydrogens is 252 g/mol. The lowest BCUT2D eigenvalue weighted by atomic mass is 10.1. The third kappa shape index (κ3) is 7.13. The highest BCUT2D eigenvalue weighted by atomic mass is 16.5. The molecule has 0 atom stereocenters. The third-order valence-corrected chi connectivity index (χ3v) is 2.57. The average Bonchev–Trinajstić information content (AvgIpc) is 2.40. The molecule has 0 spiro atoms. The molecule has 4 heteroatoms. The number of rotatable bonds is 6. The molecule has 1 N–H and O–H groups in total. The third-order valence-electron chi connectivity index (χ3n) is 2.57. The Labute approximate surface area is 121 Å². The first-order chi connectivity index (χ1) is 9.40. The van der Waals surface area contributed by atoms with Gasteiger partial charge in [-0.15, -0.1) is 0 Å². The van der Waals surface area contributed by atoms with E-state index in [0.717, 1.165) is 18.5 Å². The molecule has 4 nitrogen and oxygen atoms in total. The molecule has 1 aromatic heterocycles. The Morgan fingerprint density at radius 1 is 1.40 bits per heavy atom. The van der Waals surface area contributed by atoms with Gasteiger partial charge in [0.2, 0.25) is 0 Å². The molecule has 0 unspecified atom stereocenters. The number of nitrogens with zero attached hydrogens (tertiary/aromatic N) is 2. The van der Waals surface area contributed by atoms with Crippen LogP contribution in [-0.2, 0) is 0 Å². The quantitative estimate of drug-likeness (QED) is 0.639. The number of hydrogen-bond donors (Lipinski definition) is 1. The van der Waals surface area contributed by atoms with Crippen molar-refractivity contribution >= 4 is 0 Å². The highest BCUT2D eigenvalue weighted by molar-refractivity contribution is 5.38. The molecule has 0 aliphatic heterocycles. The van der Waals surface area contributed by atoms with Crippen LogP contribution < -0.4 is 4.74 Å². The van der Waals surface area contributed by atoms with Crippen molar-refractivity contribution in [3.63, 3.8) is 0 Å². The Morgan fingerprint density at radius 2 is 2.15 bits per heavy atom. The van der Waals surface area contributed by atoms with Gasteiger partial charge in [-0.3, -0.25) is 9.88 Å². The van der Waals surface area contributed by atoms with Crippen molar-refractivity contribution in [2.24, 2.45) is 0 Å². The molecule has 0 saturated heterocycles. The monoisotopic (exact) mass is 276 g/mol. The van der Waals surface area contributed by atoms with E-state index in [2.05, 4.69) is 28.6 Å². The van der Waals surface area contributed by atoms with E-state index < -0.39 is 5.60 Å². The minimum absolute atomic E-state index is 0.532. The maximum Gasteiger partial charge on any atom is 0.141 e. The molecule has 0 bridgehead atoms. The number of aromatic nitrogens is 1. The summed E-state index contributed by atoms with van der Waals surface area (Å²) >= 11 is 0. The molecule has 0 aromatic carbocycles. The zero-order valence-electron chi connectivity index (χ0n) is 12.8. The summed E-state index contributed by atoms with van der Waals surface area (Å²) in [6, 6.07) is 1.83. The van der Waals surface area contributed by atoms with Gasteiger partial charge in [-0.25, -0.2) is 0 Å². The van der Waals surface area contributed by atoms with Crippen LogP contribution in [-0.4, -0.2) is 40.9 Å². The van der Waals surface area contributed by atoms with Crippen molar-refractivity contribution in [2.75, 3.05) is 20.3 Å². The summed E-state index contributed by atoms with van der Waals surface area (Å²) in [5.41, 5.74) is -0.266. The first-order valence-electron chi connectivity index (χ1n) is 6.92. The van der Waals surface area contributed by atoms with E-state index in [1.807, 2.05) is 13.1 Å². The first kappa shape index (κ1) is 16.5. The van der Waals surface area contributed by atoms with Gasteiger partial charge in [-0.05, 0) is 33.4 Å². The molecule has 110 valence electrons. The van der Waals surface area contributed by atoms with Crippen LogP contribution in [0.4, 0.5) is 0 Å². The van der Waals surface area contributed by atoms with Gasteiger partial charge in [0.1, 0.15) is 18.1 Å². The van der Waals surface area contributed by atoms with Gasteiger partial charge in [-0.2, -0.15) is 0 Å². The number of hydrogen-bond acceptors (Lipinski definition) is 4. The number of unbranched alkanes of at least 4 members (excludes halogenated alkanes) is 1. The lowest BCUT2D eigenvalue weighted by molar-refractivity contribution is 0.143. The normalized spacial score (nSPS) is 11.1. The van der Waals surface area contributed by atoms with Gasteiger partial charge in [0.25, 0.3) is 0 Å². The molecule has 0 saturated carbocycles. The Bertz CT molecular complexity index is 469. The van der Waals surface area contributed by atoms with E-state index >= 15 is 0 Å². The summed E-state index contributed by atoms with van der Waals surface area (Å²) in [6.45, 7) is 7.02. The van der Waals surface area contributed by atoms with E-state index in [-0.39, 0.29) is 0 Å². The summed E-state index contributed by atoms with van der Waals surface area (Å²) in [6.07, 6.45) is 5.67. The van der Waals surface area contributed by atoms with Gasteiger partial charge in [0, 0.05) is 18.3 Å². The Morgan fingerprint density at radius 3 is 2.80 bits per heavy atom. The Hall–Kier alpha value is -1.57. The van der Waals surface area contributed by atoms with Crippen LogP contribution in [0, 0.1) is 11.8 Å². The molecule has 0 aliphatic carbocycles. The van der Waals surface area contributed by atoms with Gasteiger partial charge in [-0.1, -0.05) is 25.2 Å². The van der Waals surface area contributed by atoms with Gasteiger partial charge in [0.05, 0.1) is 6.20 Å². The summed E-state index contributed by atoms with van der Waals surface area (Å²) < 4.78 is 5.67. The molecule has 0 aliphatic rings. The second-order valence-electron chi connectivity index (χ2n) is 5.42. The van der Waals surface area contributed by atoms with E-state index in [4.69, 9.17) is 4.74 Å². The highest BCUT2D eigenvalue weighted by Gasteiger charge is 2.06. The van der Waals surface area contributed by atoms with Crippen LogP contribution in [0.3, 0.4) is 0 Å². The zero-order chi connectivity index (χ0) is 15.0. The predicted octanol–water partition coefficient (Wildman–Crippen LogP) is 2.27. The van der Waals surface area contributed by atoms with Crippen molar-refractivity contribution in [3.8, 4) is 17.6 Å². The lowest BCUT2D eigenvalue weighted by Crippen LogP contribution is -2.24. The van der Waals surface area contributed by atoms with Crippen LogP contribution in [0.25, 0.3) is 0 Å². The second kappa shape index (κ2) is 7.88. The first-order valence-corrected chi connectivity index (χ1v) is 6.92. The smallest absolute Gasteiger partial charge is 0.141 e. The maximum absolute atomic E-state index is 9.57. The van der Waals surface area contributed by atoms with Crippen LogP contribution in [0.1, 0.15) is 39.2 Å². The second-order valence-corrected chi connectivity index (χ2v) is 5.42. The van der Waals surface area contributed by atoms with Crippen LogP contribution in [0.15, 0.2) is 18.5 Å². The summed E-state index contributed by atoms with van der Waals surface area (Å²) in [5.74, 6) is 6.34. The predicted molar refractivity (Wildman–Crippen MR) is 80.4 cm³/mol. The van der Waals surface area contributed by atoms with Crippen molar-refractivity contribution in [2.45, 2.75) is 39.2 Å². The molecule has 0 radical (unpaired) electrons. The fraction of sp³-hybridized carbons (Fsp3) is 0.562. The fourth-order valence-electron chi connectivity index (χ4n) is 1.47. The van der Waals surface area contributed by atoms with Gasteiger partial charge in [0.15, 0.2) is 0 Å². The van der Waals surface area contributed by atoms with Crippen LogP contribution in [0.2, 0.25) is 0 Å². The molecule has 0 amide bonds. The van der Waals surface area contributed by atoms with E-state index in [9.17, 15) is 5.11 Å². The Kier molecular flexibility index (Phi) is 6.50. The molecule has 1 heterocycles. The van der Waals surface area contributed by atoms with E-state index in [1.54, 1.807) is 26.2 Å². The summed E-state index contributed by atoms with van der Waals surface area (Å²) in [4.78, 5) is 6.22. The maximum atomic E-state index is 9.57. The summed E-state index contributed by atoms with van der Waals surface area (Å²) in [5, 5.41) is 9.57. The minimum Gasteiger partial charge on any atom is -0.476 e. The van der Waals surface area contributed by atoms with Crippen molar-refractivity contribution < 1.29 is 9.84 Å². The van der Waals surface area contributed by atoms with Crippen LogP contribution >= 0.6 is 0 Å². The minimum atomic E-state index is -1.00. The molecular formula is C16H24N2O2. The van der Waals surface area contributed by atoms with Gasteiger partial charge >= 0.3 is 0 Å². The van der Waals surface area contributed by atoms with Crippen molar-refractivity contribution in [1.82, 2.24) is 9.88 Å². The summed E-state index contributed by atoms with van der Waals surface area (Å²) in [7, 11) is 2.03.